The molecule has 2 rings (SSSR count). The van der Waals surface area contributed by atoms with Crippen molar-refractivity contribution >= 4 is 15.9 Å². The lowest BCUT2D eigenvalue weighted by Gasteiger charge is -2.16. The first-order chi connectivity index (χ1) is 8.90. The number of alkyl halides is 4. The quantitative estimate of drug-likeness (QED) is 0.829. The molecule has 19 heavy (non-hydrogen) atoms. The van der Waals surface area contributed by atoms with Crippen molar-refractivity contribution in [1.82, 2.24) is 5.32 Å². The Morgan fingerprint density at radius 3 is 2.79 bits per heavy atom. The standard InChI is InChI=1S/C12H12BrF4NO/c13-9-3-7-1-2-19-10(7)8(4-9)5-18-6-12(16,17)11(14)15/h3-4,11,18H,1-2,5-6H2. The van der Waals surface area contributed by atoms with Crippen LogP contribution in [0.5, 0.6) is 5.75 Å². The number of rotatable bonds is 5. The fraction of sp³-hybridized carbons (Fsp3) is 0.500. The average Bonchev–Trinajstić information content (AvgIpc) is 2.76. The minimum absolute atomic E-state index is 0.0596. The van der Waals surface area contributed by atoms with Crippen LogP contribution in [0, 0.1) is 0 Å². The van der Waals surface area contributed by atoms with E-state index in [-0.39, 0.29) is 6.54 Å². The summed E-state index contributed by atoms with van der Waals surface area (Å²) < 4.78 is 55.7. The number of fused-ring (bicyclic) bond motifs is 1. The highest BCUT2D eigenvalue weighted by molar-refractivity contribution is 9.10. The first-order valence-electron chi connectivity index (χ1n) is 5.71. The maximum atomic E-state index is 12.7. The molecule has 0 amide bonds. The van der Waals surface area contributed by atoms with Crippen LogP contribution in [0.2, 0.25) is 0 Å². The lowest BCUT2D eigenvalue weighted by Crippen LogP contribution is -2.38. The van der Waals surface area contributed by atoms with E-state index in [0.29, 0.717) is 17.9 Å². The van der Waals surface area contributed by atoms with Gasteiger partial charge in [0.1, 0.15) is 5.75 Å². The molecule has 1 N–H and O–H groups in total. The summed E-state index contributed by atoms with van der Waals surface area (Å²) in [5.74, 6) is -3.35. The highest BCUT2D eigenvalue weighted by atomic mass is 79.9. The van der Waals surface area contributed by atoms with Crippen molar-refractivity contribution in [3.8, 4) is 5.75 Å². The molecule has 1 aliphatic rings. The molecule has 0 fully saturated rings. The highest BCUT2D eigenvalue weighted by Gasteiger charge is 2.40. The van der Waals surface area contributed by atoms with Crippen LogP contribution in [0.3, 0.4) is 0 Å². The second kappa shape index (κ2) is 5.66. The summed E-state index contributed by atoms with van der Waals surface area (Å²) in [6.45, 7) is -0.456. The Bertz CT molecular complexity index is 467. The Labute approximate surface area is 116 Å². The molecule has 1 heterocycles. The summed E-state index contributed by atoms with van der Waals surface area (Å²) in [4.78, 5) is 0. The normalized spacial score (nSPS) is 14.6. The van der Waals surface area contributed by atoms with Crippen molar-refractivity contribution in [2.45, 2.75) is 25.3 Å². The fourth-order valence-corrected chi connectivity index (χ4v) is 2.47. The summed E-state index contributed by atoms with van der Waals surface area (Å²) in [6, 6.07) is 3.64. The van der Waals surface area contributed by atoms with Gasteiger partial charge in [-0.3, -0.25) is 0 Å². The van der Waals surface area contributed by atoms with Gasteiger partial charge in [0, 0.05) is 23.0 Å². The van der Waals surface area contributed by atoms with Gasteiger partial charge in [-0.2, -0.15) is 8.78 Å². The molecular formula is C12H12BrF4NO. The predicted molar refractivity (Wildman–Crippen MR) is 66.0 cm³/mol. The summed E-state index contributed by atoms with van der Waals surface area (Å²) >= 11 is 3.32. The topological polar surface area (TPSA) is 21.3 Å². The smallest absolute Gasteiger partial charge is 0.319 e. The molecule has 2 nitrogen and oxygen atoms in total. The Kier molecular flexibility index (Phi) is 4.35. The zero-order chi connectivity index (χ0) is 14.0. The van der Waals surface area contributed by atoms with Gasteiger partial charge >= 0.3 is 12.3 Å². The second-order valence-electron chi connectivity index (χ2n) is 4.32. The van der Waals surface area contributed by atoms with Crippen molar-refractivity contribution in [3.63, 3.8) is 0 Å². The van der Waals surface area contributed by atoms with E-state index < -0.39 is 18.9 Å². The molecule has 1 aliphatic heterocycles. The minimum Gasteiger partial charge on any atom is -0.493 e. The number of hydrogen-bond acceptors (Lipinski definition) is 2. The van der Waals surface area contributed by atoms with Crippen molar-refractivity contribution < 1.29 is 22.3 Å². The Balaban J connectivity index is 2.01. The van der Waals surface area contributed by atoms with E-state index in [2.05, 4.69) is 21.2 Å². The maximum Gasteiger partial charge on any atom is 0.319 e. The van der Waals surface area contributed by atoms with Crippen molar-refractivity contribution in [1.29, 1.82) is 0 Å². The monoisotopic (exact) mass is 341 g/mol. The Hall–Kier alpha value is -0.820. The lowest BCUT2D eigenvalue weighted by molar-refractivity contribution is -0.125. The lowest BCUT2D eigenvalue weighted by atomic mass is 10.1. The van der Waals surface area contributed by atoms with Crippen LogP contribution in [0.4, 0.5) is 17.6 Å². The van der Waals surface area contributed by atoms with Gasteiger partial charge in [0.2, 0.25) is 0 Å². The third kappa shape index (κ3) is 3.39. The second-order valence-corrected chi connectivity index (χ2v) is 5.23. The van der Waals surface area contributed by atoms with Crippen LogP contribution < -0.4 is 10.1 Å². The molecule has 1 aromatic carbocycles. The van der Waals surface area contributed by atoms with Gasteiger partial charge in [0.25, 0.3) is 0 Å². The number of benzene rings is 1. The third-order valence-corrected chi connectivity index (χ3v) is 3.28. The number of nitrogens with one attached hydrogen (secondary N) is 1. The fourth-order valence-electron chi connectivity index (χ4n) is 1.92. The SMILES string of the molecule is FC(F)C(F)(F)CNCc1cc(Br)cc2c1OCC2. The molecule has 0 saturated carbocycles. The van der Waals surface area contributed by atoms with Gasteiger partial charge in [-0.05, 0) is 17.7 Å². The molecule has 0 atom stereocenters. The molecule has 0 radical (unpaired) electrons. The van der Waals surface area contributed by atoms with Gasteiger partial charge in [-0.1, -0.05) is 15.9 Å². The number of halogens is 5. The minimum atomic E-state index is -4.02. The van der Waals surface area contributed by atoms with Crippen LogP contribution in [0.25, 0.3) is 0 Å². The van der Waals surface area contributed by atoms with Crippen LogP contribution in [-0.2, 0) is 13.0 Å². The Morgan fingerprint density at radius 1 is 1.37 bits per heavy atom. The molecule has 0 saturated heterocycles. The molecule has 106 valence electrons. The number of hydrogen-bond donors (Lipinski definition) is 1. The highest BCUT2D eigenvalue weighted by Crippen LogP contribution is 2.33. The van der Waals surface area contributed by atoms with Crippen molar-refractivity contribution in [3.05, 3.63) is 27.7 Å². The van der Waals surface area contributed by atoms with E-state index in [1.54, 1.807) is 6.07 Å². The first kappa shape index (κ1) is 14.6. The number of ether oxygens (including phenoxy) is 1. The van der Waals surface area contributed by atoms with Crippen LogP contribution in [-0.4, -0.2) is 25.5 Å². The van der Waals surface area contributed by atoms with Crippen molar-refractivity contribution in [2.24, 2.45) is 0 Å². The average molecular weight is 342 g/mol. The molecule has 0 unspecified atom stereocenters. The van der Waals surface area contributed by atoms with Crippen LogP contribution in [0.15, 0.2) is 16.6 Å². The molecule has 0 aliphatic carbocycles. The van der Waals surface area contributed by atoms with Gasteiger partial charge in [-0.25, -0.2) is 8.78 Å². The summed E-state index contributed by atoms with van der Waals surface area (Å²) in [5, 5.41) is 2.35. The van der Waals surface area contributed by atoms with E-state index in [4.69, 9.17) is 4.74 Å². The van der Waals surface area contributed by atoms with Crippen LogP contribution >= 0.6 is 15.9 Å². The molecule has 0 bridgehead atoms. The Morgan fingerprint density at radius 2 is 2.11 bits per heavy atom. The summed E-state index contributed by atoms with van der Waals surface area (Å²) in [7, 11) is 0. The maximum absolute atomic E-state index is 12.7. The van der Waals surface area contributed by atoms with Gasteiger partial charge in [-0.15, -0.1) is 0 Å². The largest absolute Gasteiger partial charge is 0.493 e. The van der Waals surface area contributed by atoms with E-state index in [9.17, 15) is 17.6 Å². The summed E-state index contributed by atoms with van der Waals surface area (Å²) in [5.41, 5.74) is 1.68. The molecular weight excluding hydrogens is 330 g/mol. The van der Waals surface area contributed by atoms with E-state index in [1.807, 2.05) is 6.07 Å². The van der Waals surface area contributed by atoms with E-state index in [0.717, 1.165) is 16.5 Å². The van der Waals surface area contributed by atoms with Crippen molar-refractivity contribution in [2.75, 3.05) is 13.2 Å². The van der Waals surface area contributed by atoms with E-state index in [1.165, 1.54) is 0 Å². The molecule has 1 aromatic rings. The molecule has 7 heteroatoms. The van der Waals surface area contributed by atoms with E-state index >= 15 is 0 Å². The first-order valence-corrected chi connectivity index (χ1v) is 6.50. The molecule has 0 spiro atoms. The predicted octanol–water partition coefficient (Wildman–Crippen LogP) is 3.37. The summed E-state index contributed by atoms with van der Waals surface area (Å²) in [6.07, 6.45) is -2.90. The molecule has 0 aromatic heterocycles. The van der Waals surface area contributed by atoms with Gasteiger partial charge in [0.15, 0.2) is 0 Å². The van der Waals surface area contributed by atoms with Gasteiger partial charge < -0.3 is 10.1 Å². The zero-order valence-electron chi connectivity index (χ0n) is 9.86. The third-order valence-electron chi connectivity index (χ3n) is 2.82. The zero-order valence-corrected chi connectivity index (χ0v) is 11.4. The van der Waals surface area contributed by atoms with Crippen LogP contribution in [0.1, 0.15) is 11.1 Å². The van der Waals surface area contributed by atoms with Gasteiger partial charge in [0.05, 0.1) is 13.2 Å².